The third kappa shape index (κ3) is 4.76. The van der Waals surface area contributed by atoms with Gasteiger partial charge in [0, 0.05) is 6.92 Å². The Morgan fingerprint density at radius 2 is 1.67 bits per heavy atom. The minimum Gasteiger partial charge on any atom is -0.469 e. The predicted molar refractivity (Wildman–Crippen MR) is 109 cm³/mol. The van der Waals surface area contributed by atoms with Gasteiger partial charge in [-0.25, -0.2) is 4.99 Å². The second-order valence-corrected chi connectivity index (χ2v) is 8.17. The van der Waals surface area contributed by atoms with E-state index in [1.807, 2.05) is 36.4 Å². The maximum Gasteiger partial charge on any atom is 0.217 e. The minimum atomic E-state index is -0.262. The molecule has 3 atom stereocenters. The van der Waals surface area contributed by atoms with E-state index in [-0.39, 0.29) is 29.5 Å². The summed E-state index contributed by atoms with van der Waals surface area (Å²) in [4.78, 5) is 16.7. The molecule has 0 aromatic heterocycles. The monoisotopic (exact) mass is 364 g/mol. The number of ether oxygens (including phenoxy) is 1. The number of nitrogens with one attached hydrogen (secondary N) is 1. The van der Waals surface area contributed by atoms with E-state index in [1.165, 1.54) is 12.5 Å². The van der Waals surface area contributed by atoms with Crippen LogP contribution in [0, 0.1) is 5.41 Å². The van der Waals surface area contributed by atoms with Gasteiger partial charge < -0.3 is 10.1 Å². The van der Waals surface area contributed by atoms with Crippen molar-refractivity contribution in [1.29, 1.82) is 0 Å². The molecular weight excluding hydrogens is 336 g/mol. The molecule has 27 heavy (non-hydrogen) atoms. The van der Waals surface area contributed by atoms with Crippen molar-refractivity contribution in [2.24, 2.45) is 10.4 Å². The van der Waals surface area contributed by atoms with Crippen molar-refractivity contribution in [3.8, 4) is 0 Å². The van der Waals surface area contributed by atoms with Crippen LogP contribution in [0.15, 0.2) is 65.7 Å². The number of nitrogens with zero attached hydrogens (tertiary/aromatic N) is 1. The third-order valence-electron chi connectivity index (χ3n) is 4.77. The van der Waals surface area contributed by atoms with E-state index in [4.69, 9.17) is 9.73 Å². The summed E-state index contributed by atoms with van der Waals surface area (Å²) in [6, 6.07) is 20.2. The molecule has 0 saturated heterocycles. The van der Waals surface area contributed by atoms with Crippen LogP contribution in [0.2, 0.25) is 0 Å². The number of amides is 1. The number of rotatable bonds is 5. The highest BCUT2D eigenvalue weighted by Crippen LogP contribution is 2.35. The van der Waals surface area contributed by atoms with Gasteiger partial charge in [-0.2, -0.15) is 0 Å². The molecule has 0 fully saturated rings. The SMILES string of the molecule is CC(=O)NC(C1=N[C@@H](Cc2ccccc2)C(c2ccccc2)O1)C(C)(C)C. The zero-order valence-corrected chi connectivity index (χ0v) is 16.5. The fraction of sp³-hybridized carbons (Fsp3) is 0.391. The van der Waals surface area contributed by atoms with Gasteiger partial charge in [-0.05, 0) is 23.0 Å². The fourth-order valence-electron chi connectivity index (χ4n) is 3.41. The second kappa shape index (κ2) is 7.95. The molecule has 0 bridgehead atoms. The van der Waals surface area contributed by atoms with E-state index >= 15 is 0 Å². The highest BCUT2D eigenvalue weighted by Gasteiger charge is 2.40. The molecule has 1 heterocycles. The summed E-state index contributed by atoms with van der Waals surface area (Å²) in [7, 11) is 0. The molecule has 4 heteroatoms. The van der Waals surface area contributed by atoms with Crippen molar-refractivity contribution >= 4 is 11.8 Å². The Morgan fingerprint density at radius 1 is 1.07 bits per heavy atom. The molecule has 0 spiro atoms. The summed E-state index contributed by atoms with van der Waals surface area (Å²) in [6.45, 7) is 7.79. The third-order valence-corrected chi connectivity index (χ3v) is 4.77. The van der Waals surface area contributed by atoms with E-state index in [0.29, 0.717) is 5.90 Å². The molecule has 0 aliphatic carbocycles. The first-order valence-corrected chi connectivity index (χ1v) is 9.45. The molecule has 3 rings (SSSR count). The summed E-state index contributed by atoms with van der Waals surface area (Å²) >= 11 is 0. The maximum absolute atomic E-state index is 11.8. The normalized spacial score (nSPS) is 20.5. The van der Waals surface area contributed by atoms with Gasteiger partial charge in [0.1, 0.15) is 12.1 Å². The van der Waals surface area contributed by atoms with Crippen molar-refractivity contribution in [2.45, 2.75) is 52.3 Å². The number of carbonyl (C=O) groups is 1. The Kier molecular flexibility index (Phi) is 5.64. The number of carbonyl (C=O) groups excluding carboxylic acids is 1. The van der Waals surface area contributed by atoms with Crippen LogP contribution < -0.4 is 5.32 Å². The Balaban J connectivity index is 1.92. The van der Waals surface area contributed by atoms with E-state index in [9.17, 15) is 4.79 Å². The van der Waals surface area contributed by atoms with Crippen LogP contribution in [0.3, 0.4) is 0 Å². The van der Waals surface area contributed by atoms with Crippen molar-refractivity contribution < 1.29 is 9.53 Å². The van der Waals surface area contributed by atoms with Gasteiger partial charge in [0.2, 0.25) is 11.8 Å². The average Bonchev–Trinajstić information content (AvgIpc) is 3.03. The zero-order chi connectivity index (χ0) is 19.4. The first-order valence-electron chi connectivity index (χ1n) is 9.45. The lowest BCUT2D eigenvalue weighted by Crippen LogP contribution is -2.48. The molecule has 0 radical (unpaired) electrons. The summed E-state index contributed by atoms with van der Waals surface area (Å²) in [6.07, 6.45) is 0.640. The summed E-state index contributed by atoms with van der Waals surface area (Å²) in [5.41, 5.74) is 2.13. The molecular formula is C23H28N2O2. The predicted octanol–water partition coefficient (Wildman–Crippen LogP) is 4.32. The largest absolute Gasteiger partial charge is 0.469 e. The lowest BCUT2D eigenvalue weighted by Gasteiger charge is -2.31. The van der Waals surface area contributed by atoms with Gasteiger partial charge in [-0.15, -0.1) is 0 Å². The number of hydrogen-bond acceptors (Lipinski definition) is 3. The summed E-state index contributed by atoms with van der Waals surface area (Å²) in [5.74, 6) is 0.538. The molecule has 1 aliphatic rings. The highest BCUT2D eigenvalue weighted by molar-refractivity contribution is 5.89. The molecule has 1 aliphatic heterocycles. The first-order chi connectivity index (χ1) is 12.8. The molecule has 1 amide bonds. The van der Waals surface area contributed by atoms with Crippen LogP contribution in [0.5, 0.6) is 0 Å². The maximum atomic E-state index is 11.8. The zero-order valence-electron chi connectivity index (χ0n) is 16.5. The van der Waals surface area contributed by atoms with Crippen LogP contribution >= 0.6 is 0 Å². The Hall–Kier alpha value is -2.62. The second-order valence-electron chi connectivity index (χ2n) is 8.17. The topological polar surface area (TPSA) is 50.7 Å². The molecule has 2 aromatic rings. The van der Waals surface area contributed by atoms with Gasteiger partial charge >= 0.3 is 0 Å². The number of hydrogen-bond donors (Lipinski definition) is 1. The lowest BCUT2D eigenvalue weighted by atomic mass is 9.86. The van der Waals surface area contributed by atoms with Gasteiger partial charge in [0.15, 0.2) is 0 Å². The van der Waals surface area contributed by atoms with Crippen LogP contribution in [-0.4, -0.2) is 23.9 Å². The lowest BCUT2D eigenvalue weighted by molar-refractivity contribution is -0.120. The smallest absolute Gasteiger partial charge is 0.217 e. The molecule has 4 nitrogen and oxygen atoms in total. The van der Waals surface area contributed by atoms with Crippen molar-refractivity contribution in [2.75, 3.05) is 0 Å². The Labute approximate surface area is 161 Å². The fourth-order valence-corrected chi connectivity index (χ4v) is 3.41. The number of benzene rings is 2. The van der Waals surface area contributed by atoms with Gasteiger partial charge in [-0.1, -0.05) is 81.4 Å². The van der Waals surface area contributed by atoms with Crippen LogP contribution in [0.1, 0.15) is 44.9 Å². The minimum absolute atomic E-state index is 0.0246. The molecule has 142 valence electrons. The van der Waals surface area contributed by atoms with Crippen molar-refractivity contribution in [3.05, 3.63) is 71.8 Å². The average molecular weight is 364 g/mol. The van der Waals surface area contributed by atoms with Crippen molar-refractivity contribution in [3.63, 3.8) is 0 Å². The molecule has 0 saturated carbocycles. The van der Waals surface area contributed by atoms with E-state index in [1.54, 1.807) is 0 Å². The van der Waals surface area contributed by atoms with Crippen LogP contribution in [0.25, 0.3) is 0 Å². The number of aliphatic imine (C=N–C) groups is 1. The van der Waals surface area contributed by atoms with E-state index in [0.717, 1.165) is 12.0 Å². The van der Waals surface area contributed by atoms with Crippen LogP contribution in [0.4, 0.5) is 0 Å². The highest BCUT2D eigenvalue weighted by atomic mass is 16.5. The van der Waals surface area contributed by atoms with Gasteiger partial charge in [-0.3, -0.25) is 4.79 Å². The molecule has 1 N–H and O–H groups in total. The molecule has 2 unspecified atom stereocenters. The molecule has 2 aromatic carbocycles. The van der Waals surface area contributed by atoms with Crippen molar-refractivity contribution in [1.82, 2.24) is 5.32 Å². The summed E-state index contributed by atoms with van der Waals surface area (Å²) < 4.78 is 6.36. The Bertz CT molecular complexity index is 794. The van der Waals surface area contributed by atoms with E-state index < -0.39 is 0 Å². The Morgan fingerprint density at radius 3 is 2.22 bits per heavy atom. The van der Waals surface area contributed by atoms with Crippen LogP contribution in [-0.2, 0) is 16.0 Å². The first kappa shape index (κ1) is 19.2. The van der Waals surface area contributed by atoms with Gasteiger partial charge in [0.05, 0.1) is 6.04 Å². The van der Waals surface area contributed by atoms with Gasteiger partial charge in [0.25, 0.3) is 0 Å². The quantitative estimate of drug-likeness (QED) is 0.859. The standard InChI is InChI=1S/C23H28N2O2/c1-16(26)24-21(23(2,3)4)22-25-19(15-17-11-7-5-8-12-17)20(27-22)18-13-9-6-10-14-18/h5-14,19-21H,15H2,1-4H3,(H,24,26)/t19-,20?,21?/m0/s1. The van der Waals surface area contributed by atoms with E-state index in [2.05, 4.69) is 50.4 Å². The summed E-state index contributed by atoms with van der Waals surface area (Å²) in [5, 5.41) is 3.02.